The molecule has 30 heavy (non-hydrogen) atoms. The fraction of sp³-hybridized carbons (Fsp3) is 0.0435. The first-order valence-electron chi connectivity index (χ1n) is 9.17. The highest BCUT2D eigenvalue weighted by atomic mass is 35.5. The van der Waals surface area contributed by atoms with E-state index in [0.29, 0.717) is 10.8 Å². The van der Waals surface area contributed by atoms with E-state index >= 15 is 0 Å². The topological polar surface area (TPSA) is 39.9 Å². The summed E-state index contributed by atoms with van der Waals surface area (Å²) in [6.07, 6.45) is 1.87. The van der Waals surface area contributed by atoms with Gasteiger partial charge in [0.25, 0.3) is 0 Å². The first-order valence-corrected chi connectivity index (χ1v) is 11.0. The molecule has 1 heterocycles. The Balaban J connectivity index is 1.68. The molecule has 150 valence electrons. The molecule has 1 aromatic heterocycles. The van der Waals surface area contributed by atoms with Crippen molar-refractivity contribution in [1.82, 2.24) is 14.8 Å². The Labute approximate surface area is 189 Å². The minimum atomic E-state index is 0.675. The summed E-state index contributed by atoms with van der Waals surface area (Å²) in [5, 5.41) is 10.3. The molecule has 7 heteroatoms. The van der Waals surface area contributed by atoms with Crippen LogP contribution in [0.2, 0.25) is 5.02 Å². The predicted molar refractivity (Wildman–Crippen MR) is 124 cm³/mol. The van der Waals surface area contributed by atoms with Gasteiger partial charge in [0, 0.05) is 27.6 Å². The Bertz CT molecular complexity index is 1130. The van der Waals surface area contributed by atoms with E-state index in [1.54, 1.807) is 11.8 Å². The highest BCUT2D eigenvalue weighted by molar-refractivity contribution is 7.99. The second-order valence-corrected chi connectivity index (χ2v) is 7.91. The first kappa shape index (κ1) is 20.5. The van der Waals surface area contributed by atoms with Gasteiger partial charge in [-0.25, -0.2) is 0 Å². The van der Waals surface area contributed by atoms with Crippen LogP contribution in [0.25, 0.3) is 17.1 Å². The van der Waals surface area contributed by atoms with Crippen LogP contribution in [0, 0.1) is 0 Å². The van der Waals surface area contributed by atoms with Gasteiger partial charge in [0.05, 0.1) is 0 Å². The number of para-hydroxylation sites is 1. The van der Waals surface area contributed by atoms with Crippen LogP contribution in [0.4, 0.5) is 0 Å². The van der Waals surface area contributed by atoms with Crippen LogP contribution in [0.5, 0.6) is 11.5 Å². The van der Waals surface area contributed by atoms with Crippen molar-refractivity contribution in [3.8, 4) is 28.6 Å². The average Bonchev–Trinajstić information content (AvgIpc) is 3.20. The van der Waals surface area contributed by atoms with Crippen molar-refractivity contribution in [2.24, 2.45) is 0 Å². The molecule has 0 unspecified atom stereocenters. The molecular formula is C23H17Cl2N3OS. The molecule has 4 rings (SSSR count). The summed E-state index contributed by atoms with van der Waals surface area (Å²) < 4.78 is 7.92. The Hall–Kier alpha value is -2.73. The van der Waals surface area contributed by atoms with E-state index < -0.39 is 0 Å². The highest BCUT2D eigenvalue weighted by Gasteiger charge is 2.16. The minimum absolute atomic E-state index is 0.675. The molecule has 0 aliphatic heterocycles. The van der Waals surface area contributed by atoms with Gasteiger partial charge in [0.2, 0.25) is 0 Å². The quantitative estimate of drug-likeness (QED) is 0.276. The Morgan fingerprint density at radius 3 is 2.27 bits per heavy atom. The van der Waals surface area contributed by atoms with Gasteiger partial charge < -0.3 is 4.74 Å². The van der Waals surface area contributed by atoms with E-state index in [2.05, 4.69) is 10.2 Å². The SMILES string of the molecule is ClC=CCSc1nnc(-c2ccc(Cl)cc2)n1-c1ccc(Oc2ccccc2)cc1. The average molecular weight is 454 g/mol. The molecule has 3 aromatic carbocycles. The lowest BCUT2D eigenvalue weighted by atomic mass is 10.2. The smallest absolute Gasteiger partial charge is 0.196 e. The van der Waals surface area contributed by atoms with Gasteiger partial charge in [0.15, 0.2) is 11.0 Å². The third-order valence-electron chi connectivity index (χ3n) is 4.21. The molecule has 0 atom stereocenters. The molecule has 0 amide bonds. The second kappa shape index (κ2) is 9.85. The molecule has 0 fully saturated rings. The molecule has 0 aliphatic carbocycles. The fourth-order valence-corrected chi connectivity index (χ4v) is 3.91. The van der Waals surface area contributed by atoms with Gasteiger partial charge in [-0.3, -0.25) is 4.57 Å². The lowest BCUT2D eigenvalue weighted by Crippen LogP contribution is -2.00. The first-order chi connectivity index (χ1) is 14.7. The number of nitrogens with zero attached hydrogens (tertiary/aromatic N) is 3. The van der Waals surface area contributed by atoms with Crippen LogP contribution in [0.15, 0.2) is 95.6 Å². The standard InChI is InChI=1S/C23H17Cl2N3OS/c24-15-4-16-30-23-27-26-22(17-7-9-18(25)10-8-17)28(23)19-11-13-21(14-12-19)29-20-5-2-1-3-6-20/h1-15H,16H2. The van der Waals surface area contributed by atoms with E-state index in [-0.39, 0.29) is 0 Å². The Morgan fingerprint density at radius 2 is 1.57 bits per heavy atom. The number of hydrogen-bond acceptors (Lipinski definition) is 4. The molecule has 0 bridgehead atoms. The predicted octanol–water partition coefficient (Wildman–Crippen LogP) is 7.22. The van der Waals surface area contributed by atoms with Gasteiger partial charge >= 0.3 is 0 Å². The van der Waals surface area contributed by atoms with Crippen LogP contribution >= 0.6 is 35.0 Å². The van der Waals surface area contributed by atoms with Gasteiger partial charge in [-0.15, -0.1) is 10.2 Å². The number of ether oxygens (including phenoxy) is 1. The summed E-state index contributed by atoms with van der Waals surface area (Å²) in [6.45, 7) is 0. The largest absolute Gasteiger partial charge is 0.457 e. The fourth-order valence-electron chi connectivity index (χ4n) is 2.83. The van der Waals surface area contributed by atoms with E-state index in [1.807, 2.05) is 89.5 Å². The number of hydrogen-bond donors (Lipinski definition) is 0. The van der Waals surface area contributed by atoms with E-state index in [0.717, 1.165) is 33.7 Å². The molecule has 0 spiro atoms. The summed E-state index contributed by atoms with van der Waals surface area (Å²) in [5.41, 5.74) is 3.36. The maximum absolute atomic E-state index is 6.05. The number of aromatic nitrogens is 3. The van der Waals surface area contributed by atoms with E-state index in [9.17, 15) is 0 Å². The zero-order valence-electron chi connectivity index (χ0n) is 15.8. The lowest BCUT2D eigenvalue weighted by Gasteiger charge is -2.11. The third kappa shape index (κ3) is 4.87. The number of rotatable bonds is 7. The molecule has 0 radical (unpaired) electrons. The molecule has 0 N–H and O–H groups in total. The van der Waals surface area contributed by atoms with Crippen LogP contribution in [-0.4, -0.2) is 20.5 Å². The van der Waals surface area contributed by atoms with Gasteiger partial charge in [0.1, 0.15) is 11.5 Å². The van der Waals surface area contributed by atoms with Crippen molar-refractivity contribution in [2.45, 2.75) is 5.16 Å². The van der Waals surface area contributed by atoms with Crippen LogP contribution in [0.3, 0.4) is 0 Å². The molecule has 0 saturated carbocycles. The van der Waals surface area contributed by atoms with Crippen molar-refractivity contribution in [1.29, 1.82) is 0 Å². The van der Waals surface area contributed by atoms with Gasteiger partial charge in [-0.2, -0.15) is 0 Å². The molecule has 0 saturated heterocycles. The Kier molecular flexibility index (Phi) is 6.74. The number of thioether (sulfide) groups is 1. The van der Waals surface area contributed by atoms with Crippen molar-refractivity contribution < 1.29 is 4.74 Å². The zero-order chi connectivity index (χ0) is 20.8. The van der Waals surface area contributed by atoms with Gasteiger partial charge in [-0.05, 0) is 60.7 Å². The third-order valence-corrected chi connectivity index (χ3v) is 5.52. The van der Waals surface area contributed by atoms with Crippen molar-refractivity contribution in [3.05, 3.63) is 95.5 Å². The monoisotopic (exact) mass is 453 g/mol. The second-order valence-electron chi connectivity index (χ2n) is 6.23. The van der Waals surface area contributed by atoms with Crippen molar-refractivity contribution in [2.75, 3.05) is 5.75 Å². The summed E-state index contributed by atoms with van der Waals surface area (Å²) in [6, 6.07) is 25.1. The molecule has 0 aliphatic rings. The maximum atomic E-state index is 6.05. The van der Waals surface area contributed by atoms with E-state index in [1.165, 1.54) is 5.54 Å². The molecule has 4 nitrogen and oxygen atoms in total. The number of benzene rings is 3. The van der Waals surface area contributed by atoms with E-state index in [4.69, 9.17) is 27.9 Å². The van der Waals surface area contributed by atoms with Crippen LogP contribution in [-0.2, 0) is 0 Å². The summed E-state index contributed by atoms with van der Waals surface area (Å²) in [4.78, 5) is 0. The normalized spacial score (nSPS) is 11.1. The summed E-state index contributed by atoms with van der Waals surface area (Å²) in [5.74, 6) is 2.98. The zero-order valence-corrected chi connectivity index (χ0v) is 18.1. The van der Waals surface area contributed by atoms with Crippen LogP contribution in [0.1, 0.15) is 0 Å². The molecular weight excluding hydrogens is 437 g/mol. The summed E-state index contributed by atoms with van der Waals surface area (Å²) >= 11 is 13.3. The Morgan fingerprint density at radius 1 is 0.867 bits per heavy atom. The lowest BCUT2D eigenvalue weighted by molar-refractivity contribution is 0.482. The van der Waals surface area contributed by atoms with Crippen molar-refractivity contribution >= 4 is 35.0 Å². The molecule has 4 aromatic rings. The maximum Gasteiger partial charge on any atom is 0.196 e. The highest BCUT2D eigenvalue weighted by Crippen LogP contribution is 2.30. The minimum Gasteiger partial charge on any atom is -0.457 e. The van der Waals surface area contributed by atoms with Gasteiger partial charge in [-0.1, -0.05) is 59.2 Å². The van der Waals surface area contributed by atoms with Crippen LogP contribution < -0.4 is 4.74 Å². The summed E-state index contributed by atoms with van der Waals surface area (Å²) in [7, 11) is 0. The van der Waals surface area contributed by atoms with Crippen molar-refractivity contribution in [3.63, 3.8) is 0 Å². The number of halogens is 2.